The molecule has 1 saturated heterocycles. The lowest BCUT2D eigenvalue weighted by Crippen LogP contribution is -2.38. The number of carbonyl (C=O) groups is 1. The smallest absolute Gasteiger partial charge is 0.416 e. The number of ether oxygens (including phenoxy) is 1. The van der Waals surface area contributed by atoms with Crippen molar-refractivity contribution in [1.82, 2.24) is 4.90 Å². The molecule has 2 fully saturated rings. The molecular weight excluding hydrogens is 510 g/mol. The number of alkyl halides is 6. The van der Waals surface area contributed by atoms with Crippen LogP contribution in [0.15, 0.2) is 36.4 Å². The summed E-state index contributed by atoms with van der Waals surface area (Å²) in [4.78, 5) is 16.6. The van der Waals surface area contributed by atoms with E-state index in [1.54, 1.807) is 6.92 Å². The van der Waals surface area contributed by atoms with Gasteiger partial charge in [-0.15, -0.1) is 0 Å². The largest absolute Gasteiger partial charge is 0.439 e. The first-order valence-corrected chi connectivity index (χ1v) is 12.9. The molecule has 4 rings (SSSR count). The van der Waals surface area contributed by atoms with E-state index in [2.05, 4.69) is 11.8 Å². The van der Waals surface area contributed by atoms with Crippen molar-refractivity contribution in [3.05, 3.63) is 64.2 Å². The molecule has 2 aromatic rings. The van der Waals surface area contributed by atoms with Crippen LogP contribution in [0, 0.1) is 6.92 Å². The van der Waals surface area contributed by atoms with Crippen molar-refractivity contribution < 1.29 is 35.9 Å². The first-order chi connectivity index (χ1) is 17.8. The predicted molar refractivity (Wildman–Crippen MR) is 132 cm³/mol. The average Bonchev–Trinajstić information content (AvgIpc) is 3.13. The lowest BCUT2D eigenvalue weighted by molar-refractivity contribution is -0.143. The maximum absolute atomic E-state index is 13.4. The van der Waals surface area contributed by atoms with E-state index >= 15 is 0 Å². The summed E-state index contributed by atoms with van der Waals surface area (Å²) in [5.74, 6) is 0. The lowest BCUT2D eigenvalue weighted by atomic mass is 9.93. The lowest BCUT2D eigenvalue weighted by Gasteiger charge is -2.37. The van der Waals surface area contributed by atoms with Crippen LogP contribution in [0.5, 0.6) is 0 Å². The molecule has 1 amide bonds. The third kappa shape index (κ3) is 5.89. The van der Waals surface area contributed by atoms with Crippen LogP contribution in [-0.2, 0) is 23.6 Å². The van der Waals surface area contributed by atoms with Crippen molar-refractivity contribution in [1.29, 1.82) is 0 Å². The third-order valence-electron chi connectivity index (χ3n) is 7.57. The summed E-state index contributed by atoms with van der Waals surface area (Å²) in [6, 6.07) is 6.92. The zero-order chi connectivity index (χ0) is 27.8. The number of nitrogens with zero attached hydrogens (tertiary/aromatic N) is 2. The van der Waals surface area contributed by atoms with Gasteiger partial charge in [0.15, 0.2) is 0 Å². The molecule has 1 aliphatic carbocycles. The van der Waals surface area contributed by atoms with Crippen molar-refractivity contribution >= 4 is 11.8 Å². The maximum atomic E-state index is 13.4. The van der Waals surface area contributed by atoms with Gasteiger partial charge < -0.3 is 9.64 Å². The van der Waals surface area contributed by atoms with E-state index < -0.39 is 41.7 Å². The second-order valence-electron chi connectivity index (χ2n) is 10.2. The van der Waals surface area contributed by atoms with Crippen LogP contribution >= 0.6 is 0 Å². The second-order valence-corrected chi connectivity index (χ2v) is 10.2. The van der Waals surface area contributed by atoms with Crippen LogP contribution in [0.1, 0.15) is 79.9 Å². The number of cyclic esters (lactones) is 1. The van der Waals surface area contributed by atoms with Gasteiger partial charge in [-0.2, -0.15) is 26.3 Å². The van der Waals surface area contributed by atoms with Crippen LogP contribution in [0.3, 0.4) is 0 Å². The molecule has 2 aliphatic rings. The van der Waals surface area contributed by atoms with Crippen LogP contribution in [0.2, 0.25) is 0 Å². The molecule has 0 spiro atoms. The van der Waals surface area contributed by atoms with Gasteiger partial charge in [0, 0.05) is 18.3 Å². The monoisotopic (exact) mass is 542 g/mol. The van der Waals surface area contributed by atoms with Crippen LogP contribution in [0.25, 0.3) is 0 Å². The highest BCUT2D eigenvalue weighted by molar-refractivity contribution is 5.72. The highest BCUT2D eigenvalue weighted by Gasteiger charge is 2.43. The Kier molecular flexibility index (Phi) is 7.91. The molecule has 4 nitrogen and oxygen atoms in total. The standard InChI is InChI=1S/C28H32F6N2O2/c1-4-35(23-8-6-5-7-9-23)24-11-10-17(2)12-20(24)16-36-18(3)25(38-26(36)37)19-13-21(27(29,30)31)15-22(14-19)28(32,33)34/h10-15,18,23,25H,4-9,16H2,1-3H3. The van der Waals surface area contributed by atoms with E-state index in [1.165, 1.54) is 11.3 Å². The molecule has 1 saturated carbocycles. The van der Waals surface area contributed by atoms with Gasteiger partial charge in [0.2, 0.25) is 0 Å². The second kappa shape index (κ2) is 10.7. The number of hydrogen-bond acceptors (Lipinski definition) is 3. The SMILES string of the molecule is CCN(c1ccc(C)cc1CN1C(=O)OC(c2cc(C(F)(F)F)cc(C(F)(F)F)c2)C1C)C1CCCCC1. The van der Waals surface area contributed by atoms with Gasteiger partial charge in [-0.05, 0) is 69.0 Å². The van der Waals surface area contributed by atoms with E-state index in [4.69, 9.17) is 4.74 Å². The van der Waals surface area contributed by atoms with Crippen molar-refractivity contribution in [3.8, 4) is 0 Å². The van der Waals surface area contributed by atoms with Gasteiger partial charge in [-0.1, -0.05) is 37.0 Å². The van der Waals surface area contributed by atoms with E-state index in [0.717, 1.165) is 49.0 Å². The normalized spacial score (nSPS) is 21.1. The summed E-state index contributed by atoms with van der Waals surface area (Å²) in [5, 5.41) is 0. The fourth-order valence-corrected chi connectivity index (χ4v) is 5.63. The number of aryl methyl sites for hydroxylation is 1. The zero-order valence-corrected chi connectivity index (χ0v) is 21.6. The van der Waals surface area contributed by atoms with Crippen molar-refractivity contribution in [3.63, 3.8) is 0 Å². The maximum Gasteiger partial charge on any atom is 0.416 e. The molecule has 208 valence electrons. The van der Waals surface area contributed by atoms with Crippen LogP contribution < -0.4 is 4.90 Å². The quantitative estimate of drug-likeness (QED) is 0.345. The summed E-state index contributed by atoms with van der Waals surface area (Å²) in [6.45, 7) is 6.49. The van der Waals surface area contributed by atoms with Gasteiger partial charge in [0.05, 0.1) is 23.7 Å². The van der Waals surface area contributed by atoms with Gasteiger partial charge in [-0.3, -0.25) is 4.90 Å². The third-order valence-corrected chi connectivity index (χ3v) is 7.57. The number of rotatable bonds is 6. The molecule has 2 unspecified atom stereocenters. The Hall–Kier alpha value is -2.91. The summed E-state index contributed by atoms with van der Waals surface area (Å²) in [5.41, 5.74) is -0.383. The minimum atomic E-state index is -4.99. The number of hydrogen-bond donors (Lipinski definition) is 0. The average molecular weight is 543 g/mol. The van der Waals surface area contributed by atoms with E-state index in [-0.39, 0.29) is 18.2 Å². The summed E-state index contributed by atoms with van der Waals surface area (Å²) < 4.78 is 85.9. The fraction of sp³-hybridized carbons (Fsp3) is 0.536. The Morgan fingerprint density at radius 3 is 2.11 bits per heavy atom. The number of benzene rings is 2. The summed E-state index contributed by atoms with van der Waals surface area (Å²) in [6.07, 6.45) is -6.38. The summed E-state index contributed by atoms with van der Waals surface area (Å²) in [7, 11) is 0. The van der Waals surface area contributed by atoms with Crippen molar-refractivity contribution in [2.75, 3.05) is 11.4 Å². The molecule has 0 N–H and O–H groups in total. The van der Waals surface area contributed by atoms with Crippen molar-refractivity contribution in [2.45, 2.75) is 90.0 Å². The molecule has 2 atom stereocenters. The van der Waals surface area contributed by atoms with E-state index in [9.17, 15) is 31.1 Å². The molecule has 10 heteroatoms. The van der Waals surface area contributed by atoms with Gasteiger partial charge in [-0.25, -0.2) is 4.79 Å². The minimum Gasteiger partial charge on any atom is -0.439 e. The van der Waals surface area contributed by atoms with E-state index in [0.29, 0.717) is 18.2 Å². The summed E-state index contributed by atoms with van der Waals surface area (Å²) >= 11 is 0. The Balaban J connectivity index is 1.65. The van der Waals surface area contributed by atoms with Gasteiger partial charge >= 0.3 is 18.4 Å². The van der Waals surface area contributed by atoms with E-state index in [1.807, 2.05) is 25.1 Å². The highest BCUT2D eigenvalue weighted by Crippen LogP contribution is 2.41. The Bertz CT molecular complexity index is 1120. The Labute approximate surface area is 218 Å². The first kappa shape index (κ1) is 28.1. The number of halogens is 6. The number of anilines is 1. The van der Waals surface area contributed by atoms with Crippen LogP contribution in [-0.4, -0.2) is 29.6 Å². The number of amides is 1. The molecule has 1 aliphatic heterocycles. The first-order valence-electron chi connectivity index (χ1n) is 12.9. The Morgan fingerprint density at radius 2 is 1.55 bits per heavy atom. The zero-order valence-electron chi connectivity index (χ0n) is 21.6. The molecule has 0 bridgehead atoms. The molecule has 0 radical (unpaired) electrons. The Morgan fingerprint density at radius 1 is 0.947 bits per heavy atom. The fourth-order valence-electron chi connectivity index (χ4n) is 5.63. The molecule has 2 aromatic carbocycles. The predicted octanol–water partition coefficient (Wildman–Crippen LogP) is 8.27. The van der Waals surface area contributed by atoms with Crippen LogP contribution in [0.4, 0.5) is 36.8 Å². The van der Waals surface area contributed by atoms with Gasteiger partial charge in [0.25, 0.3) is 0 Å². The topological polar surface area (TPSA) is 32.8 Å². The molecule has 1 heterocycles. The highest BCUT2D eigenvalue weighted by atomic mass is 19.4. The van der Waals surface area contributed by atoms with Crippen molar-refractivity contribution in [2.24, 2.45) is 0 Å². The molecule has 38 heavy (non-hydrogen) atoms. The molecule has 0 aromatic heterocycles. The minimum absolute atomic E-state index is 0.0757. The molecular formula is C28H32F6N2O2. The van der Waals surface area contributed by atoms with Gasteiger partial charge in [0.1, 0.15) is 6.10 Å². The number of carbonyl (C=O) groups excluding carboxylic acids is 1.